The van der Waals surface area contributed by atoms with Gasteiger partial charge in [-0.05, 0) is 31.9 Å². The van der Waals surface area contributed by atoms with Gasteiger partial charge in [-0.25, -0.2) is 20.0 Å². The van der Waals surface area contributed by atoms with Crippen LogP contribution in [0, 0.1) is 0 Å². The predicted octanol–water partition coefficient (Wildman–Crippen LogP) is 3.83. The van der Waals surface area contributed by atoms with Crippen LogP contribution < -0.4 is 15.3 Å². The van der Waals surface area contributed by atoms with E-state index in [1.165, 1.54) is 18.1 Å². The van der Waals surface area contributed by atoms with Gasteiger partial charge in [-0.3, -0.25) is 9.36 Å². The van der Waals surface area contributed by atoms with E-state index in [2.05, 4.69) is 20.0 Å². The van der Waals surface area contributed by atoms with Crippen molar-refractivity contribution in [3.63, 3.8) is 0 Å². The first kappa shape index (κ1) is 24.7. The first-order valence-corrected chi connectivity index (χ1v) is 13.8. The summed E-state index contributed by atoms with van der Waals surface area (Å²) in [6, 6.07) is 8.90. The second-order valence-corrected chi connectivity index (χ2v) is 12.2. The summed E-state index contributed by atoms with van der Waals surface area (Å²) in [6.45, 7) is 6.19. The Hall–Kier alpha value is -2.46. The van der Waals surface area contributed by atoms with Gasteiger partial charge in [0.05, 0.1) is 24.5 Å². The van der Waals surface area contributed by atoms with Crippen LogP contribution in [0.1, 0.15) is 33.6 Å². The van der Waals surface area contributed by atoms with Gasteiger partial charge in [-0.1, -0.05) is 43.8 Å². The molecule has 0 radical (unpaired) electrons. The molecule has 1 aliphatic carbocycles. The molecule has 2 atom stereocenters. The van der Waals surface area contributed by atoms with Crippen LogP contribution in [0.3, 0.4) is 0 Å². The molecule has 0 spiro atoms. The highest BCUT2D eigenvalue weighted by Crippen LogP contribution is 2.52. The molecule has 0 unspecified atom stereocenters. The van der Waals surface area contributed by atoms with Crippen molar-refractivity contribution in [1.82, 2.24) is 24.6 Å². The number of anilines is 1. The molecule has 3 aromatic rings. The molecule has 0 aliphatic heterocycles. The van der Waals surface area contributed by atoms with Crippen LogP contribution in [0.25, 0.3) is 11.2 Å². The number of fused-ring (bicyclic) bond motifs is 1. The quantitative estimate of drug-likeness (QED) is 0.371. The van der Waals surface area contributed by atoms with Gasteiger partial charge < -0.3 is 19.6 Å². The lowest BCUT2D eigenvalue weighted by atomic mass is 10.3. The van der Waals surface area contributed by atoms with E-state index in [-0.39, 0.29) is 22.8 Å². The number of imidazole rings is 1. The molecule has 34 heavy (non-hydrogen) atoms. The van der Waals surface area contributed by atoms with Gasteiger partial charge in [-0.15, -0.1) is 0 Å². The fraction of sp³-hybridized carbons (Fsp3) is 0.455. The third kappa shape index (κ3) is 5.78. The van der Waals surface area contributed by atoms with Gasteiger partial charge >= 0.3 is 7.52 Å². The third-order valence-electron chi connectivity index (χ3n) is 5.28. The molecule has 0 bridgehead atoms. The zero-order valence-corrected chi connectivity index (χ0v) is 21.1. The highest BCUT2D eigenvalue weighted by Gasteiger charge is 2.54. The molecule has 1 saturated carbocycles. The molecule has 2 aromatic heterocycles. The van der Waals surface area contributed by atoms with Crippen LogP contribution in [0.2, 0.25) is 0 Å². The van der Waals surface area contributed by atoms with E-state index in [1.807, 2.05) is 26.8 Å². The minimum Gasteiger partial charge on any atom is -0.431 e. The van der Waals surface area contributed by atoms with Crippen LogP contribution in [-0.4, -0.2) is 47.9 Å². The Morgan fingerprint density at radius 3 is 2.65 bits per heavy atom. The summed E-state index contributed by atoms with van der Waals surface area (Å²) in [5.41, 5.74) is 6.13. The SMILES string of the molecule is CC(C)SC(=O)C1(N[P@](=O)(CO[C@H](C)Cn2cnc3c(N)ncnc32)Oc2ccccc2)CC1. The van der Waals surface area contributed by atoms with Gasteiger partial charge in [0.2, 0.25) is 5.12 Å². The van der Waals surface area contributed by atoms with Gasteiger partial charge in [0.25, 0.3) is 0 Å². The summed E-state index contributed by atoms with van der Waals surface area (Å²) < 4.78 is 27.6. The van der Waals surface area contributed by atoms with E-state index < -0.39 is 13.1 Å². The Labute approximate surface area is 202 Å². The van der Waals surface area contributed by atoms with Crippen LogP contribution in [0.15, 0.2) is 43.0 Å². The smallest absolute Gasteiger partial charge is 0.342 e. The van der Waals surface area contributed by atoms with E-state index in [0.29, 0.717) is 42.1 Å². The number of thioether (sulfide) groups is 1. The van der Waals surface area contributed by atoms with Crippen molar-refractivity contribution in [3.05, 3.63) is 43.0 Å². The largest absolute Gasteiger partial charge is 0.431 e. The maximum absolute atomic E-state index is 13.9. The van der Waals surface area contributed by atoms with E-state index in [0.717, 1.165) is 0 Å². The average Bonchev–Trinajstić information content (AvgIpc) is 3.45. The second-order valence-electron chi connectivity index (χ2n) is 8.66. The zero-order valence-electron chi connectivity index (χ0n) is 19.4. The molecule has 2 heterocycles. The molecule has 1 aromatic carbocycles. The van der Waals surface area contributed by atoms with Gasteiger partial charge in [0.15, 0.2) is 11.5 Å². The Bertz CT molecular complexity index is 1200. The minimum absolute atomic E-state index is 0.0189. The molecular weight excluding hydrogens is 475 g/mol. The van der Waals surface area contributed by atoms with E-state index in [9.17, 15) is 9.36 Å². The molecular formula is C22H29N6O4PS. The number of rotatable bonds is 11. The van der Waals surface area contributed by atoms with Crippen LogP contribution in [0.4, 0.5) is 5.82 Å². The number of aromatic nitrogens is 4. The molecule has 3 N–H and O–H groups in total. The molecule has 0 amide bonds. The Morgan fingerprint density at radius 1 is 1.24 bits per heavy atom. The number of benzene rings is 1. The van der Waals surface area contributed by atoms with E-state index >= 15 is 0 Å². The summed E-state index contributed by atoms with van der Waals surface area (Å²) in [7, 11) is -3.57. The minimum atomic E-state index is -3.57. The highest BCUT2D eigenvalue weighted by atomic mass is 32.2. The third-order valence-corrected chi connectivity index (χ3v) is 8.12. The molecule has 12 heteroatoms. The summed E-state index contributed by atoms with van der Waals surface area (Å²) in [5.74, 6) is 0.753. The standard InChI is InChI=1S/C22H29N6O4PS/c1-15(2)34-21(29)22(9-10-22)27-33(30,32-17-7-5-4-6-8-17)14-31-16(3)11-28-13-26-18-19(23)24-12-25-20(18)28/h4-8,12-13,15-16H,9-11,14H2,1-3H3,(H,27,30)(H2,23,24,25)/t16-,33+/m1/s1. The first-order valence-electron chi connectivity index (χ1n) is 11.1. The lowest BCUT2D eigenvalue weighted by Crippen LogP contribution is -2.38. The van der Waals surface area contributed by atoms with Crippen molar-refractivity contribution >= 4 is 41.4 Å². The van der Waals surface area contributed by atoms with E-state index in [1.54, 1.807) is 35.2 Å². The van der Waals surface area contributed by atoms with Crippen molar-refractivity contribution < 1.29 is 18.6 Å². The number of carbonyl (C=O) groups excluding carboxylic acids is 1. The van der Waals surface area contributed by atoms with Gasteiger partial charge in [0.1, 0.15) is 23.9 Å². The fourth-order valence-corrected chi connectivity index (χ4v) is 6.50. The number of ether oxygens (including phenoxy) is 1. The number of carbonyl (C=O) groups is 1. The van der Waals surface area contributed by atoms with Crippen LogP contribution >= 0.6 is 19.3 Å². The number of nitrogens with one attached hydrogen (secondary N) is 1. The number of nitrogens with zero attached hydrogens (tertiary/aromatic N) is 4. The summed E-state index contributed by atoms with van der Waals surface area (Å²) in [5, 5.41) is 3.19. The topological polar surface area (TPSA) is 134 Å². The predicted molar refractivity (Wildman–Crippen MR) is 133 cm³/mol. The lowest BCUT2D eigenvalue weighted by molar-refractivity contribution is -0.113. The lowest BCUT2D eigenvalue weighted by Gasteiger charge is -2.26. The molecule has 0 saturated heterocycles. The molecule has 4 rings (SSSR count). The Morgan fingerprint density at radius 2 is 1.97 bits per heavy atom. The van der Waals surface area contributed by atoms with Crippen molar-refractivity contribution in [2.75, 3.05) is 12.1 Å². The number of nitrogens with two attached hydrogens (primary N) is 1. The monoisotopic (exact) mass is 504 g/mol. The zero-order chi connectivity index (χ0) is 24.3. The van der Waals surface area contributed by atoms with Gasteiger partial charge in [0, 0.05) is 5.25 Å². The Balaban J connectivity index is 1.47. The van der Waals surface area contributed by atoms with Gasteiger partial charge in [-0.2, -0.15) is 0 Å². The van der Waals surface area contributed by atoms with Crippen molar-refractivity contribution in [1.29, 1.82) is 0 Å². The van der Waals surface area contributed by atoms with Crippen molar-refractivity contribution in [2.45, 2.75) is 57.1 Å². The van der Waals surface area contributed by atoms with E-state index in [4.69, 9.17) is 15.0 Å². The van der Waals surface area contributed by atoms with Crippen molar-refractivity contribution in [2.24, 2.45) is 0 Å². The maximum atomic E-state index is 13.9. The normalized spacial score (nSPS) is 17.4. The first-order chi connectivity index (χ1) is 16.2. The van der Waals surface area contributed by atoms with Crippen LogP contribution in [0.5, 0.6) is 5.75 Å². The molecule has 1 fully saturated rings. The maximum Gasteiger partial charge on any atom is 0.342 e. The van der Waals surface area contributed by atoms with Crippen LogP contribution in [-0.2, 0) is 20.6 Å². The molecule has 10 nitrogen and oxygen atoms in total. The Kier molecular flexibility index (Phi) is 7.28. The second kappa shape index (κ2) is 10.0. The molecule has 182 valence electrons. The molecule has 1 aliphatic rings. The number of nitrogen functional groups attached to an aromatic ring is 1. The highest BCUT2D eigenvalue weighted by molar-refractivity contribution is 8.14. The summed E-state index contributed by atoms with van der Waals surface area (Å²) in [4.78, 5) is 25.3. The number of hydrogen-bond acceptors (Lipinski definition) is 9. The number of hydrogen-bond donors (Lipinski definition) is 2. The summed E-state index contributed by atoms with van der Waals surface area (Å²) >= 11 is 1.25. The number of para-hydroxylation sites is 1. The fourth-order valence-electron chi connectivity index (χ4n) is 3.46. The average molecular weight is 505 g/mol. The summed E-state index contributed by atoms with van der Waals surface area (Å²) in [6.07, 6.45) is 3.69. The van der Waals surface area contributed by atoms with Crippen molar-refractivity contribution in [3.8, 4) is 5.75 Å².